The number of hydrogen-bond donors (Lipinski definition) is 3. The summed E-state index contributed by atoms with van der Waals surface area (Å²) in [5.74, 6) is -1.64. The quantitative estimate of drug-likeness (QED) is 0.673. The zero-order chi connectivity index (χ0) is 13.2. The zero-order valence-corrected chi connectivity index (χ0v) is 10.3. The van der Waals surface area contributed by atoms with E-state index in [1.165, 1.54) is 0 Å². The number of carbonyl (C=O) groups excluding carboxylic acids is 1. The van der Waals surface area contributed by atoms with Crippen LogP contribution < -0.4 is 5.32 Å². The standard InChI is InChI=1S/C11H19NO5/c1-11(2,3)17-10(16)12-5-8(13)6-4-7(6)9(14)15/h6-8,13H,4-5H2,1-3H3,(H,12,16)(H,14,15)/t6-,7-,8-/m1/s1. The molecule has 6 nitrogen and oxygen atoms in total. The van der Waals surface area contributed by atoms with Gasteiger partial charge in [0.05, 0.1) is 12.0 Å². The average Bonchev–Trinajstić information content (AvgIpc) is 2.90. The number of carboxylic acid groups (broad SMARTS) is 1. The number of carboxylic acids is 1. The van der Waals surface area contributed by atoms with Gasteiger partial charge in [-0.05, 0) is 27.2 Å². The van der Waals surface area contributed by atoms with Crippen molar-refractivity contribution < 1.29 is 24.5 Å². The summed E-state index contributed by atoms with van der Waals surface area (Å²) in [5, 5.41) is 20.7. The maximum Gasteiger partial charge on any atom is 0.407 e. The molecule has 1 aliphatic rings. The molecule has 1 amide bonds. The van der Waals surface area contributed by atoms with Crippen molar-refractivity contribution in [2.24, 2.45) is 11.8 Å². The largest absolute Gasteiger partial charge is 0.481 e. The molecule has 0 aromatic rings. The molecule has 17 heavy (non-hydrogen) atoms. The van der Waals surface area contributed by atoms with Crippen LogP contribution in [0, 0.1) is 11.8 Å². The van der Waals surface area contributed by atoms with Gasteiger partial charge in [-0.25, -0.2) is 4.79 Å². The summed E-state index contributed by atoms with van der Waals surface area (Å²) in [6.45, 7) is 5.24. The lowest BCUT2D eigenvalue weighted by Crippen LogP contribution is -2.37. The van der Waals surface area contributed by atoms with Crippen LogP contribution >= 0.6 is 0 Å². The Morgan fingerprint density at radius 3 is 2.47 bits per heavy atom. The first-order valence-corrected chi connectivity index (χ1v) is 5.58. The predicted octanol–water partition coefficient (Wildman–Crippen LogP) is 0.593. The average molecular weight is 245 g/mol. The minimum absolute atomic E-state index is 0.0172. The topological polar surface area (TPSA) is 95.9 Å². The Kier molecular flexibility index (Phi) is 3.98. The molecule has 1 aliphatic carbocycles. The fourth-order valence-electron chi connectivity index (χ4n) is 1.58. The summed E-state index contributed by atoms with van der Waals surface area (Å²) >= 11 is 0. The molecule has 0 bridgehead atoms. The molecule has 98 valence electrons. The van der Waals surface area contributed by atoms with Crippen LogP contribution in [-0.2, 0) is 9.53 Å². The molecule has 3 N–H and O–H groups in total. The van der Waals surface area contributed by atoms with E-state index in [2.05, 4.69) is 5.32 Å². The number of aliphatic hydroxyl groups excluding tert-OH is 1. The van der Waals surface area contributed by atoms with Crippen molar-refractivity contribution in [1.29, 1.82) is 0 Å². The normalized spacial score (nSPS) is 24.9. The fourth-order valence-corrected chi connectivity index (χ4v) is 1.58. The van der Waals surface area contributed by atoms with Crippen molar-refractivity contribution in [2.45, 2.75) is 38.9 Å². The molecule has 6 heteroatoms. The Hall–Kier alpha value is -1.30. The van der Waals surface area contributed by atoms with Gasteiger partial charge in [-0.2, -0.15) is 0 Å². The van der Waals surface area contributed by atoms with Crippen molar-refractivity contribution in [2.75, 3.05) is 6.54 Å². The zero-order valence-electron chi connectivity index (χ0n) is 10.3. The van der Waals surface area contributed by atoms with E-state index in [9.17, 15) is 14.7 Å². The van der Waals surface area contributed by atoms with Crippen LogP contribution in [0.2, 0.25) is 0 Å². The van der Waals surface area contributed by atoms with Crippen LogP contribution in [-0.4, -0.2) is 40.5 Å². The van der Waals surface area contributed by atoms with Crippen LogP contribution in [0.3, 0.4) is 0 Å². The van der Waals surface area contributed by atoms with Crippen molar-refractivity contribution in [3.63, 3.8) is 0 Å². The number of hydrogen-bond acceptors (Lipinski definition) is 4. The molecule has 0 aliphatic heterocycles. The van der Waals surface area contributed by atoms with E-state index in [0.717, 1.165) is 0 Å². The van der Waals surface area contributed by atoms with Gasteiger partial charge in [-0.15, -0.1) is 0 Å². The number of aliphatic hydroxyl groups is 1. The van der Waals surface area contributed by atoms with Gasteiger partial charge in [0.25, 0.3) is 0 Å². The third-order valence-corrected chi connectivity index (χ3v) is 2.51. The highest BCUT2D eigenvalue weighted by atomic mass is 16.6. The lowest BCUT2D eigenvalue weighted by molar-refractivity contribution is -0.139. The molecule has 0 unspecified atom stereocenters. The van der Waals surface area contributed by atoms with E-state index in [4.69, 9.17) is 9.84 Å². The first-order valence-electron chi connectivity index (χ1n) is 5.58. The molecule has 1 saturated carbocycles. The molecule has 0 aromatic heterocycles. The minimum atomic E-state index is -0.897. The first-order chi connectivity index (χ1) is 7.70. The molecule has 0 radical (unpaired) electrons. The number of rotatable bonds is 4. The molecular weight excluding hydrogens is 226 g/mol. The van der Waals surface area contributed by atoms with Crippen molar-refractivity contribution in [3.8, 4) is 0 Å². The number of amides is 1. The molecular formula is C11H19NO5. The van der Waals surface area contributed by atoms with Gasteiger partial charge in [0.2, 0.25) is 0 Å². The van der Waals surface area contributed by atoms with Crippen LogP contribution in [0.1, 0.15) is 27.2 Å². The summed E-state index contributed by atoms with van der Waals surface area (Å²) in [6.07, 6.45) is -0.973. The predicted molar refractivity (Wildman–Crippen MR) is 59.5 cm³/mol. The van der Waals surface area contributed by atoms with E-state index in [0.29, 0.717) is 6.42 Å². The Bertz CT molecular complexity index is 309. The second-order valence-corrected chi connectivity index (χ2v) is 5.29. The Morgan fingerprint density at radius 1 is 1.47 bits per heavy atom. The van der Waals surface area contributed by atoms with Gasteiger partial charge in [0.1, 0.15) is 5.60 Å². The molecule has 0 heterocycles. The summed E-state index contributed by atoms with van der Waals surface area (Å²) in [6, 6.07) is 0. The van der Waals surface area contributed by atoms with Crippen LogP contribution in [0.25, 0.3) is 0 Å². The van der Waals surface area contributed by atoms with Crippen LogP contribution in [0.15, 0.2) is 0 Å². The molecule has 0 aromatic carbocycles. The fraction of sp³-hybridized carbons (Fsp3) is 0.818. The highest BCUT2D eigenvalue weighted by molar-refractivity contribution is 5.73. The molecule has 0 spiro atoms. The number of aliphatic carboxylic acids is 1. The van der Waals surface area contributed by atoms with Crippen molar-refractivity contribution in [1.82, 2.24) is 5.32 Å². The molecule has 1 rings (SSSR count). The van der Waals surface area contributed by atoms with Gasteiger partial charge in [-0.1, -0.05) is 0 Å². The Labute approximate surface area is 100.0 Å². The van der Waals surface area contributed by atoms with Gasteiger partial charge in [0, 0.05) is 12.5 Å². The highest BCUT2D eigenvalue weighted by Crippen LogP contribution is 2.41. The minimum Gasteiger partial charge on any atom is -0.481 e. The Morgan fingerprint density at radius 2 is 2.06 bits per heavy atom. The highest BCUT2D eigenvalue weighted by Gasteiger charge is 2.47. The lowest BCUT2D eigenvalue weighted by Gasteiger charge is -2.20. The maximum absolute atomic E-state index is 11.3. The monoisotopic (exact) mass is 245 g/mol. The number of nitrogens with one attached hydrogen (secondary N) is 1. The summed E-state index contributed by atoms with van der Waals surface area (Å²) in [4.78, 5) is 21.8. The summed E-state index contributed by atoms with van der Waals surface area (Å²) < 4.78 is 4.99. The van der Waals surface area contributed by atoms with E-state index in [1.54, 1.807) is 20.8 Å². The van der Waals surface area contributed by atoms with Gasteiger partial charge < -0.3 is 20.3 Å². The van der Waals surface area contributed by atoms with E-state index in [-0.39, 0.29) is 12.5 Å². The van der Waals surface area contributed by atoms with Gasteiger partial charge >= 0.3 is 12.1 Å². The number of carbonyl (C=O) groups is 2. The van der Waals surface area contributed by atoms with Crippen molar-refractivity contribution in [3.05, 3.63) is 0 Å². The van der Waals surface area contributed by atoms with E-state index >= 15 is 0 Å². The number of alkyl carbamates (subject to hydrolysis) is 1. The molecule has 1 fully saturated rings. The SMILES string of the molecule is CC(C)(C)OC(=O)NC[C@@H](O)[C@@H]1C[C@H]1C(=O)O. The second-order valence-electron chi connectivity index (χ2n) is 5.29. The van der Waals surface area contributed by atoms with E-state index in [1.807, 2.05) is 0 Å². The van der Waals surface area contributed by atoms with Crippen LogP contribution in [0.4, 0.5) is 4.79 Å². The van der Waals surface area contributed by atoms with Crippen LogP contribution in [0.5, 0.6) is 0 Å². The number of ether oxygens (including phenoxy) is 1. The smallest absolute Gasteiger partial charge is 0.407 e. The Balaban J connectivity index is 2.23. The van der Waals surface area contributed by atoms with Crippen molar-refractivity contribution >= 4 is 12.1 Å². The third-order valence-electron chi connectivity index (χ3n) is 2.51. The molecule has 0 saturated heterocycles. The summed E-state index contributed by atoms with van der Waals surface area (Å²) in [5.41, 5.74) is -0.585. The third kappa shape index (κ3) is 4.60. The maximum atomic E-state index is 11.3. The van der Waals surface area contributed by atoms with Gasteiger partial charge in [-0.3, -0.25) is 4.79 Å². The van der Waals surface area contributed by atoms with Gasteiger partial charge in [0.15, 0.2) is 0 Å². The van der Waals surface area contributed by atoms with E-state index < -0.39 is 29.7 Å². The molecule has 3 atom stereocenters. The second kappa shape index (κ2) is 4.91. The lowest BCUT2D eigenvalue weighted by atomic mass is 10.2. The first kappa shape index (κ1) is 13.8. The summed E-state index contributed by atoms with van der Waals surface area (Å²) in [7, 11) is 0.